The Kier molecular flexibility index (Phi) is 4.16. The Hall–Kier alpha value is -2.60. The van der Waals surface area contributed by atoms with Crippen LogP contribution in [-0.4, -0.2) is 23.9 Å². The van der Waals surface area contributed by atoms with Gasteiger partial charge in [-0.2, -0.15) is 0 Å². The molecule has 0 spiro atoms. The minimum atomic E-state index is -0.521. The molecule has 2 aromatic rings. The number of phenols is 1. The maximum absolute atomic E-state index is 12.0. The van der Waals surface area contributed by atoms with Gasteiger partial charge in [0.2, 0.25) is 0 Å². The molecule has 5 nitrogen and oxygen atoms in total. The van der Waals surface area contributed by atoms with Crippen LogP contribution in [0.1, 0.15) is 11.1 Å². The molecular weight excluding hydrogens is 362 g/mol. The fourth-order valence-corrected chi connectivity index (χ4v) is 2.67. The number of methoxy groups -OCH3 is 1. The SMILES string of the molecule is COc1cc(C=C2C(=O)ON=C2c2ccccc2)cc(Br)c1O. The van der Waals surface area contributed by atoms with E-state index >= 15 is 0 Å². The number of aromatic hydroxyl groups is 1. The molecule has 0 fully saturated rings. The maximum atomic E-state index is 12.0. The largest absolute Gasteiger partial charge is 0.503 e. The van der Waals surface area contributed by atoms with Crippen molar-refractivity contribution in [2.45, 2.75) is 0 Å². The van der Waals surface area contributed by atoms with Crippen molar-refractivity contribution in [1.82, 2.24) is 0 Å². The first-order valence-corrected chi connectivity index (χ1v) is 7.53. The van der Waals surface area contributed by atoms with E-state index in [9.17, 15) is 9.90 Å². The minimum Gasteiger partial charge on any atom is -0.503 e. The molecule has 0 atom stereocenters. The van der Waals surface area contributed by atoms with E-state index < -0.39 is 5.97 Å². The number of carbonyl (C=O) groups excluding carboxylic acids is 1. The predicted octanol–water partition coefficient (Wildman–Crippen LogP) is 3.51. The number of nitrogens with zero attached hydrogens (tertiary/aromatic N) is 1. The highest BCUT2D eigenvalue weighted by atomic mass is 79.9. The standard InChI is InChI=1S/C17H12BrNO4/c1-22-14-9-10(8-13(18)16(14)20)7-12-15(19-23-17(12)21)11-5-3-2-4-6-11/h2-9,20H,1H3. The van der Waals surface area contributed by atoms with Gasteiger partial charge in [-0.05, 0) is 39.7 Å². The molecule has 0 saturated heterocycles. The molecule has 0 radical (unpaired) electrons. The normalized spacial score (nSPS) is 15.5. The lowest BCUT2D eigenvalue weighted by atomic mass is 10.0. The fourth-order valence-electron chi connectivity index (χ4n) is 2.21. The van der Waals surface area contributed by atoms with Gasteiger partial charge in [-0.3, -0.25) is 0 Å². The Morgan fingerprint density at radius 3 is 2.70 bits per heavy atom. The van der Waals surface area contributed by atoms with Crippen molar-refractivity contribution in [3.8, 4) is 11.5 Å². The van der Waals surface area contributed by atoms with Crippen molar-refractivity contribution in [2.75, 3.05) is 7.11 Å². The van der Waals surface area contributed by atoms with Crippen molar-refractivity contribution >= 4 is 33.7 Å². The molecule has 0 amide bonds. The average molecular weight is 374 g/mol. The van der Waals surface area contributed by atoms with Crippen molar-refractivity contribution in [2.24, 2.45) is 5.16 Å². The lowest BCUT2D eigenvalue weighted by Gasteiger charge is -2.07. The molecule has 1 heterocycles. The minimum absolute atomic E-state index is 0.000554. The molecule has 6 heteroatoms. The summed E-state index contributed by atoms with van der Waals surface area (Å²) in [5.74, 6) is -0.219. The first kappa shape index (κ1) is 15.3. The van der Waals surface area contributed by atoms with Crippen LogP contribution in [0.3, 0.4) is 0 Å². The van der Waals surface area contributed by atoms with Gasteiger partial charge in [0.15, 0.2) is 11.5 Å². The highest BCUT2D eigenvalue weighted by Crippen LogP contribution is 2.36. The number of hydrogen-bond acceptors (Lipinski definition) is 5. The molecule has 1 aliphatic rings. The van der Waals surface area contributed by atoms with Crippen molar-refractivity contribution < 1.29 is 19.5 Å². The summed E-state index contributed by atoms with van der Waals surface area (Å²) in [7, 11) is 1.46. The van der Waals surface area contributed by atoms with Gasteiger partial charge >= 0.3 is 5.97 Å². The van der Waals surface area contributed by atoms with E-state index in [4.69, 9.17) is 9.57 Å². The summed E-state index contributed by atoms with van der Waals surface area (Å²) in [6, 6.07) is 12.6. The average Bonchev–Trinajstić information content (AvgIpc) is 2.92. The summed E-state index contributed by atoms with van der Waals surface area (Å²) in [6.07, 6.45) is 1.65. The fraction of sp³-hybridized carbons (Fsp3) is 0.0588. The Balaban J connectivity index is 2.06. The van der Waals surface area contributed by atoms with E-state index in [1.165, 1.54) is 7.11 Å². The van der Waals surface area contributed by atoms with Gasteiger partial charge in [-0.1, -0.05) is 35.5 Å². The number of rotatable bonds is 3. The van der Waals surface area contributed by atoms with E-state index in [1.807, 2.05) is 30.3 Å². The van der Waals surface area contributed by atoms with Crippen LogP contribution in [-0.2, 0) is 9.63 Å². The Morgan fingerprint density at radius 1 is 1.26 bits per heavy atom. The van der Waals surface area contributed by atoms with Gasteiger partial charge in [0, 0.05) is 5.56 Å². The summed E-state index contributed by atoms with van der Waals surface area (Å²) in [5.41, 5.74) is 2.27. The van der Waals surface area contributed by atoms with Crippen LogP contribution in [0.15, 0.2) is 57.7 Å². The summed E-state index contributed by atoms with van der Waals surface area (Å²) < 4.78 is 5.58. The zero-order chi connectivity index (χ0) is 16.4. The number of halogens is 1. The monoisotopic (exact) mass is 373 g/mol. The smallest absolute Gasteiger partial charge is 0.368 e. The Bertz CT molecular complexity index is 828. The van der Waals surface area contributed by atoms with Crippen LogP contribution >= 0.6 is 15.9 Å². The molecule has 3 rings (SSSR count). The maximum Gasteiger partial charge on any atom is 0.368 e. The third-order valence-electron chi connectivity index (χ3n) is 3.32. The lowest BCUT2D eigenvalue weighted by Crippen LogP contribution is -2.06. The number of oxime groups is 1. The highest BCUT2D eigenvalue weighted by molar-refractivity contribution is 9.10. The number of hydrogen-bond donors (Lipinski definition) is 1. The summed E-state index contributed by atoms with van der Waals surface area (Å²) >= 11 is 3.26. The Morgan fingerprint density at radius 2 is 2.00 bits per heavy atom. The van der Waals surface area contributed by atoms with Crippen LogP contribution in [0.4, 0.5) is 0 Å². The second kappa shape index (κ2) is 6.26. The number of ether oxygens (including phenoxy) is 1. The molecule has 2 aromatic carbocycles. The third kappa shape index (κ3) is 2.98. The van der Waals surface area contributed by atoms with Crippen molar-refractivity contribution in [3.63, 3.8) is 0 Å². The van der Waals surface area contributed by atoms with E-state index in [0.29, 0.717) is 27.1 Å². The van der Waals surface area contributed by atoms with E-state index in [-0.39, 0.29) is 5.75 Å². The summed E-state index contributed by atoms with van der Waals surface area (Å²) in [6.45, 7) is 0. The predicted molar refractivity (Wildman–Crippen MR) is 89.4 cm³/mol. The molecule has 0 aliphatic carbocycles. The quantitative estimate of drug-likeness (QED) is 0.660. The number of phenolic OH excluding ortho intramolecular Hbond substituents is 1. The second-order valence-electron chi connectivity index (χ2n) is 4.80. The Labute approximate surface area is 141 Å². The van der Waals surface area contributed by atoms with E-state index in [2.05, 4.69) is 21.1 Å². The highest BCUT2D eigenvalue weighted by Gasteiger charge is 2.26. The second-order valence-corrected chi connectivity index (χ2v) is 5.65. The van der Waals surface area contributed by atoms with Crippen LogP contribution in [0, 0.1) is 0 Å². The van der Waals surface area contributed by atoms with Crippen LogP contribution in [0.2, 0.25) is 0 Å². The molecule has 116 valence electrons. The topological polar surface area (TPSA) is 68.1 Å². The molecule has 0 aromatic heterocycles. The first-order chi connectivity index (χ1) is 11.1. The van der Waals surface area contributed by atoms with Crippen LogP contribution in [0.25, 0.3) is 6.08 Å². The number of carbonyl (C=O) groups is 1. The molecule has 23 heavy (non-hydrogen) atoms. The van der Waals surface area contributed by atoms with Crippen LogP contribution < -0.4 is 4.74 Å². The zero-order valence-corrected chi connectivity index (χ0v) is 13.7. The van der Waals surface area contributed by atoms with Gasteiger partial charge in [0.25, 0.3) is 0 Å². The molecular formula is C17H12BrNO4. The summed E-state index contributed by atoms with van der Waals surface area (Å²) in [5, 5.41) is 13.7. The first-order valence-electron chi connectivity index (χ1n) is 6.73. The van der Waals surface area contributed by atoms with Crippen molar-refractivity contribution in [1.29, 1.82) is 0 Å². The van der Waals surface area contributed by atoms with E-state index in [1.54, 1.807) is 18.2 Å². The van der Waals surface area contributed by atoms with Gasteiger partial charge in [0.05, 0.1) is 17.2 Å². The molecule has 0 saturated carbocycles. The van der Waals surface area contributed by atoms with Crippen molar-refractivity contribution in [3.05, 3.63) is 63.6 Å². The third-order valence-corrected chi connectivity index (χ3v) is 3.93. The van der Waals surface area contributed by atoms with Gasteiger partial charge in [0.1, 0.15) is 5.71 Å². The van der Waals surface area contributed by atoms with Crippen LogP contribution in [0.5, 0.6) is 11.5 Å². The van der Waals surface area contributed by atoms with Gasteiger partial charge in [-0.25, -0.2) is 4.79 Å². The van der Waals surface area contributed by atoms with Gasteiger partial charge in [-0.15, -0.1) is 0 Å². The lowest BCUT2D eigenvalue weighted by molar-refractivity contribution is -0.136. The molecule has 1 aliphatic heterocycles. The van der Waals surface area contributed by atoms with Gasteiger partial charge < -0.3 is 14.7 Å². The molecule has 0 bridgehead atoms. The molecule has 0 unspecified atom stereocenters. The number of benzene rings is 2. The van der Waals surface area contributed by atoms with E-state index in [0.717, 1.165) is 5.56 Å². The molecule has 1 N–H and O–H groups in total. The zero-order valence-electron chi connectivity index (χ0n) is 12.1. The summed E-state index contributed by atoms with van der Waals surface area (Å²) in [4.78, 5) is 16.8.